The number of hydrogen-bond acceptors (Lipinski definition) is 3. The molecule has 1 rings (SSSR count). The summed E-state index contributed by atoms with van der Waals surface area (Å²) in [4.78, 5) is 22.9. The lowest BCUT2D eigenvalue weighted by atomic mass is 10.1. The lowest BCUT2D eigenvalue weighted by molar-refractivity contribution is -0.174. The second-order valence-corrected chi connectivity index (χ2v) is 4.29. The summed E-state index contributed by atoms with van der Waals surface area (Å²) in [7, 11) is 0. The minimum absolute atomic E-state index is 0.287. The first-order valence-corrected chi connectivity index (χ1v) is 6.08. The first kappa shape index (κ1) is 17.0. The van der Waals surface area contributed by atoms with Crippen LogP contribution in [0.4, 0.5) is 13.2 Å². The molecule has 5 nitrogen and oxygen atoms in total. The Morgan fingerprint density at radius 2 is 1.76 bits per heavy atom. The van der Waals surface area contributed by atoms with E-state index in [1.165, 1.54) is 0 Å². The van der Waals surface area contributed by atoms with Gasteiger partial charge in [-0.25, -0.2) is 0 Å². The summed E-state index contributed by atoms with van der Waals surface area (Å²) in [6, 6.07) is 6.65. The van der Waals surface area contributed by atoms with Gasteiger partial charge < -0.3 is 4.74 Å². The minimum atomic E-state index is -4.42. The zero-order valence-corrected chi connectivity index (χ0v) is 11.3. The highest BCUT2D eigenvalue weighted by Crippen LogP contribution is 2.14. The monoisotopic (exact) mass is 304 g/mol. The third kappa shape index (κ3) is 7.31. The molecule has 0 atom stereocenters. The van der Waals surface area contributed by atoms with Crippen LogP contribution in [-0.4, -0.2) is 31.2 Å². The Bertz CT molecular complexity index is 486. The highest BCUT2D eigenvalue weighted by atomic mass is 19.4. The number of rotatable bonds is 5. The van der Waals surface area contributed by atoms with Crippen LogP contribution in [0.3, 0.4) is 0 Å². The third-order valence-electron chi connectivity index (χ3n) is 2.37. The van der Waals surface area contributed by atoms with Crippen molar-refractivity contribution in [3.8, 4) is 0 Å². The fourth-order valence-electron chi connectivity index (χ4n) is 1.32. The summed E-state index contributed by atoms with van der Waals surface area (Å²) < 4.78 is 39.6. The number of alkyl halides is 3. The van der Waals surface area contributed by atoms with Crippen LogP contribution in [0.1, 0.15) is 22.3 Å². The fourth-order valence-corrected chi connectivity index (χ4v) is 1.32. The number of amides is 2. The zero-order chi connectivity index (χ0) is 15.9. The third-order valence-corrected chi connectivity index (χ3v) is 2.37. The summed E-state index contributed by atoms with van der Waals surface area (Å²) in [6.45, 7) is 0.0756. The van der Waals surface area contributed by atoms with Gasteiger partial charge in [0.15, 0.2) is 0 Å². The summed E-state index contributed by atoms with van der Waals surface area (Å²) in [5.74, 6) is -1.16. The fraction of sp³-hybridized carbons (Fsp3) is 0.385. The van der Waals surface area contributed by atoms with Crippen molar-refractivity contribution in [1.82, 2.24) is 10.9 Å². The van der Waals surface area contributed by atoms with Gasteiger partial charge in [-0.05, 0) is 19.1 Å². The highest BCUT2D eigenvalue weighted by molar-refractivity contribution is 5.95. The van der Waals surface area contributed by atoms with Crippen LogP contribution >= 0.6 is 0 Å². The second-order valence-electron chi connectivity index (χ2n) is 4.29. The molecule has 0 aromatic heterocycles. The van der Waals surface area contributed by atoms with Crippen LogP contribution in [0.5, 0.6) is 0 Å². The number of carbonyl (C=O) groups excluding carboxylic acids is 2. The van der Waals surface area contributed by atoms with E-state index < -0.39 is 24.6 Å². The maximum absolute atomic E-state index is 11.8. The van der Waals surface area contributed by atoms with Gasteiger partial charge in [0.2, 0.25) is 5.91 Å². The van der Waals surface area contributed by atoms with Crippen LogP contribution in [0.2, 0.25) is 0 Å². The Labute approximate surface area is 119 Å². The van der Waals surface area contributed by atoms with Crippen molar-refractivity contribution in [2.75, 3.05) is 13.2 Å². The van der Waals surface area contributed by atoms with E-state index in [0.29, 0.717) is 5.56 Å². The van der Waals surface area contributed by atoms with Gasteiger partial charge in [0.25, 0.3) is 5.91 Å². The van der Waals surface area contributed by atoms with E-state index in [1.54, 1.807) is 24.3 Å². The molecule has 0 aliphatic rings. The number of hydrazine groups is 1. The quantitative estimate of drug-likeness (QED) is 0.643. The molecule has 0 spiro atoms. The second kappa shape index (κ2) is 7.63. The minimum Gasteiger partial charge on any atom is -0.372 e. The molecule has 2 N–H and O–H groups in total. The highest BCUT2D eigenvalue weighted by Gasteiger charge is 2.27. The van der Waals surface area contributed by atoms with Crippen LogP contribution in [0.25, 0.3) is 0 Å². The molecule has 116 valence electrons. The molecule has 0 heterocycles. The average Bonchev–Trinajstić information content (AvgIpc) is 2.41. The smallest absolute Gasteiger partial charge is 0.372 e. The Morgan fingerprint density at radius 3 is 2.33 bits per heavy atom. The zero-order valence-electron chi connectivity index (χ0n) is 11.3. The predicted molar refractivity (Wildman–Crippen MR) is 68.3 cm³/mol. The van der Waals surface area contributed by atoms with E-state index in [4.69, 9.17) is 0 Å². The lowest BCUT2D eigenvalue weighted by Gasteiger charge is -2.09. The van der Waals surface area contributed by atoms with Crippen molar-refractivity contribution in [2.45, 2.75) is 19.5 Å². The SMILES string of the molecule is Cc1ccc(C(=O)NNC(=O)CCOCC(F)(F)F)cc1. The molecule has 0 radical (unpaired) electrons. The number of benzene rings is 1. The van der Waals surface area contributed by atoms with Crippen LogP contribution < -0.4 is 10.9 Å². The van der Waals surface area contributed by atoms with Gasteiger partial charge in [0.05, 0.1) is 13.0 Å². The van der Waals surface area contributed by atoms with Crippen molar-refractivity contribution in [2.24, 2.45) is 0 Å². The normalized spacial score (nSPS) is 11.0. The molecule has 0 saturated heterocycles. The summed E-state index contributed by atoms with van der Waals surface area (Å²) in [5.41, 5.74) is 5.59. The van der Waals surface area contributed by atoms with Gasteiger partial charge in [-0.3, -0.25) is 20.4 Å². The summed E-state index contributed by atoms with van der Waals surface area (Å²) in [5, 5.41) is 0. The van der Waals surface area contributed by atoms with Crippen molar-refractivity contribution in [3.05, 3.63) is 35.4 Å². The Kier molecular flexibility index (Phi) is 6.16. The lowest BCUT2D eigenvalue weighted by Crippen LogP contribution is -2.42. The first-order valence-electron chi connectivity index (χ1n) is 6.08. The Morgan fingerprint density at radius 1 is 1.14 bits per heavy atom. The number of hydrogen-bond donors (Lipinski definition) is 2. The van der Waals surface area contributed by atoms with Crippen molar-refractivity contribution in [1.29, 1.82) is 0 Å². The summed E-state index contributed by atoms with van der Waals surface area (Å²) >= 11 is 0. The van der Waals surface area contributed by atoms with E-state index in [-0.39, 0.29) is 13.0 Å². The topological polar surface area (TPSA) is 67.4 Å². The molecular formula is C13H15F3N2O3. The van der Waals surface area contributed by atoms with Crippen molar-refractivity contribution >= 4 is 11.8 Å². The molecule has 0 saturated carbocycles. The van der Waals surface area contributed by atoms with Crippen LogP contribution in [0.15, 0.2) is 24.3 Å². The van der Waals surface area contributed by atoms with E-state index >= 15 is 0 Å². The number of halogens is 3. The summed E-state index contributed by atoms with van der Waals surface area (Å²) in [6.07, 6.45) is -4.71. The molecule has 8 heteroatoms. The molecule has 0 aliphatic heterocycles. The maximum Gasteiger partial charge on any atom is 0.411 e. The van der Waals surface area contributed by atoms with E-state index in [9.17, 15) is 22.8 Å². The van der Waals surface area contributed by atoms with Crippen molar-refractivity contribution in [3.63, 3.8) is 0 Å². The molecule has 1 aromatic rings. The van der Waals surface area contributed by atoms with E-state index in [0.717, 1.165) is 5.56 Å². The van der Waals surface area contributed by atoms with Gasteiger partial charge in [0.1, 0.15) is 6.61 Å². The molecule has 21 heavy (non-hydrogen) atoms. The van der Waals surface area contributed by atoms with E-state index in [1.807, 2.05) is 6.92 Å². The van der Waals surface area contributed by atoms with Gasteiger partial charge in [-0.1, -0.05) is 17.7 Å². The van der Waals surface area contributed by atoms with Gasteiger partial charge in [-0.2, -0.15) is 13.2 Å². The Hall–Kier alpha value is -2.09. The predicted octanol–water partition coefficient (Wildman–Crippen LogP) is 1.73. The Balaban J connectivity index is 2.23. The largest absolute Gasteiger partial charge is 0.411 e. The standard InChI is InChI=1S/C13H15F3N2O3/c1-9-2-4-10(5-3-9)12(20)18-17-11(19)6-7-21-8-13(14,15)16/h2-5H,6-8H2,1H3,(H,17,19)(H,18,20). The van der Waals surface area contributed by atoms with Gasteiger partial charge in [-0.15, -0.1) is 0 Å². The van der Waals surface area contributed by atoms with Crippen LogP contribution in [-0.2, 0) is 9.53 Å². The number of aryl methyl sites for hydroxylation is 1. The number of nitrogens with one attached hydrogen (secondary N) is 2. The van der Waals surface area contributed by atoms with Gasteiger partial charge >= 0.3 is 6.18 Å². The van der Waals surface area contributed by atoms with Gasteiger partial charge in [0, 0.05) is 5.56 Å². The van der Waals surface area contributed by atoms with Crippen LogP contribution in [0, 0.1) is 6.92 Å². The average molecular weight is 304 g/mol. The maximum atomic E-state index is 11.8. The molecule has 0 fully saturated rings. The first-order chi connectivity index (χ1) is 9.78. The molecule has 1 aromatic carbocycles. The molecule has 0 bridgehead atoms. The number of carbonyl (C=O) groups is 2. The molecule has 0 aliphatic carbocycles. The van der Waals surface area contributed by atoms with Crippen molar-refractivity contribution < 1.29 is 27.5 Å². The van der Waals surface area contributed by atoms with E-state index in [2.05, 4.69) is 15.6 Å². The molecular weight excluding hydrogens is 289 g/mol. The molecule has 0 unspecified atom stereocenters. The number of ether oxygens (including phenoxy) is 1. The molecule has 2 amide bonds.